The number of hydrogen-bond acceptors (Lipinski definition) is 7. The number of nitrogens with zero attached hydrogens (tertiary/aromatic N) is 2. The molecule has 2 heterocycles. The number of ether oxygens (including phenoxy) is 2. The highest BCUT2D eigenvalue weighted by Gasteiger charge is 2.16. The number of rotatable bonds is 9. The Morgan fingerprint density at radius 3 is 2.69 bits per heavy atom. The van der Waals surface area contributed by atoms with E-state index in [9.17, 15) is 9.18 Å². The molecule has 0 amide bonds. The molecule has 0 aliphatic heterocycles. The lowest BCUT2D eigenvalue weighted by Gasteiger charge is -2.09. The predicted octanol–water partition coefficient (Wildman–Crippen LogP) is 4.74. The molecule has 0 aliphatic carbocycles. The van der Waals surface area contributed by atoms with E-state index in [4.69, 9.17) is 14.0 Å². The molecule has 0 saturated carbocycles. The van der Waals surface area contributed by atoms with Crippen LogP contribution in [0.2, 0.25) is 0 Å². The van der Waals surface area contributed by atoms with Crippen LogP contribution in [0.3, 0.4) is 0 Å². The molecular formula is C21H21FN2O4S. The summed E-state index contributed by atoms with van der Waals surface area (Å²) in [6.07, 6.45) is 2.16. The van der Waals surface area contributed by atoms with Crippen molar-refractivity contribution in [3.05, 3.63) is 71.0 Å². The lowest BCUT2D eigenvalue weighted by Crippen LogP contribution is -2.11. The van der Waals surface area contributed by atoms with Crippen molar-refractivity contribution in [2.45, 2.75) is 31.0 Å². The number of halogens is 1. The van der Waals surface area contributed by atoms with Crippen LogP contribution in [0.1, 0.15) is 33.8 Å². The molecule has 0 N–H and O–H groups in total. The molecule has 0 unspecified atom stereocenters. The fraction of sp³-hybridized carbons (Fsp3) is 0.286. The van der Waals surface area contributed by atoms with Gasteiger partial charge in [0.25, 0.3) is 0 Å². The molecule has 1 aromatic carbocycles. The van der Waals surface area contributed by atoms with Crippen LogP contribution in [-0.4, -0.2) is 29.3 Å². The van der Waals surface area contributed by atoms with E-state index in [1.807, 2.05) is 13.8 Å². The molecule has 3 rings (SSSR count). The Balaban J connectivity index is 1.48. The number of esters is 1. The first kappa shape index (κ1) is 20.9. The van der Waals surface area contributed by atoms with Crippen LogP contribution < -0.4 is 4.74 Å². The first-order valence-corrected chi connectivity index (χ1v) is 10.1. The predicted molar refractivity (Wildman–Crippen MR) is 107 cm³/mol. The van der Waals surface area contributed by atoms with E-state index in [1.54, 1.807) is 30.5 Å². The Kier molecular flexibility index (Phi) is 7.24. The second-order valence-electron chi connectivity index (χ2n) is 6.24. The molecule has 8 heteroatoms. The van der Waals surface area contributed by atoms with Crippen LogP contribution >= 0.6 is 11.8 Å². The van der Waals surface area contributed by atoms with Crippen LogP contribution in [0, 0.1) is 19.7 Å². The highest BCUT2D eigenvalue weighted by atomic mass is 32.2. The van der Waals surface area contributed by atoms with Crippen molar-refractivity contribution in [3.8, 4) is 5.75 Å². The van der Waals surface area contributed by atoms with Gasteiger partial charge in [0.1, 0.15) is 22.4 Å². The summed E-state index contributed by atoms with van der Waals surface area (Å²) in [5, 5.41) is 4.54. The molecule has 6 nitrogen and oxygen atoms in total. The summed E-state index contributed by atoms with van der Waals surface area (Å²) in [6.45, 7) is 4.31. The number of carbonyl (C=O) groups excluding carboxylic acids is 1. The van der Waals surface area contributed by atoms with Crippen molar-refractivity contribution >= 4 is 17.7 Å². The van der Waals surface area contributed by atoms with Crippen LogP contribution in [0.4, 0.5) is 4.39 Å². The standard InChI is InChI=1S/C21H21FN2O4S/c1-14-19(15(2)28-24-14)13-29-20-18(5-3-10-23-20)21(25)27-12-4-11-26-17-8-6-16(22)7-9-17/h3,5-10H,4,11-13H2,1-2H3. The van der Waals surface area contributed by atoms with Gasteiger partial charge in [-0.3, -0.25) is 0 Å². The molecule has 0 fully saturated rings. The maximum atomic E-state index is 12.9. The van der Waals surface area contributed by atoms with E-state index < -0.39 is 5.97 Å². The van der Waals surface area contributed by atoms with Gasteiger partial charge < -0.3 is 14.0 Å². The fourth-order valence-electron chi connectivity index (χ4n) is 2.53. The minimum absolute atomic E-state index is 0.211. The first-order chi connectivity index (χ1) is 14.0. The molecule has 0 saturated heterocycles. The van der Waals surface area contributed by atoms with Crippen LogP contribution in [0.15, 0.2) is 52.1 Å². The van der Waals surface area contributed by atoms with Gasteiger partial charge in [0, 0.05) is 23.9 Å². The summed E-state index contributed by atoms with van der Waals surface area (Å²) >= 11 is 1.44. The van der Waals surface area contributed by atoms with Gasteiger partial charge in [-0.2, -0.15) is 0 Å². The average molecular weight is 416 g/mol. The van der Waals surface area contributed by atoms with E-state index in [2.05, 4.69) is 10.1 Å². The van der Waals surface area contributed by atoms with E-state index >= 15 is 0 Å². The van der Waals surface area contributed by atoms with Crippen LogP contribution in [0.5, 0.6) is 5.75 Å². The number of aryl methyl sites for hydroxylation is 2. The zero-order chi connectivity index (χ0) is 20.6. The molecule has 0 bridgehead atoms. The topological polar surface area (TPSA) is 74.5 Å². The van der Waals surface area contributed by atoms with Crippen molar-refractivity contribution in [1.29, 1.82) is 0 Å². The molecule has 152 valence electrons. The molecule has 2 aromatic heterocycles. The minimum Gasteiger partial charge on any atom is -0.493 e. The summed E-state index contributed by atoms with van der Waals surface area (Å²) in [5.41, 5.74) is 2.25. The zero-order valence-corrected chi connectivity index (χ0v) is 17.0. The Bertz CT molecular complexity index is 940. The van der Waals surface area contributed by atoms with Crippen LogP contribution in [-0.2, 0) is 10.5 Å². The maximum absolute atomic E-state index is 12.9. The monoisotopic (exact) mass is 416 g/mol. The Labute approximate surface area is 172 Å². The molecule has 0 aliphatic rings. The second kappa shape index (κ2) is 10.1. The Morgan fingerprint density at radius 1 is 1.17 bits per heavy atom. The van der Waals surface area contributed by atoms with Crippen LogP contribution in [0.25, 0.3) is 0 Å². The molecule has 29 heavy (non-hydrogen) atoms. The highest BCUT2D eigenvalue weighted by molar-refractivity contribution is 7.98. The molecule has 0 spiro atoms. The molecule has 0 radical (unpaired) electrons. The van der Waals surface area contributed by atoms with E-state index in [0.29, 0.717) is 35.1 Å². The molecular weight excluding hydrogens is 395 g/mol. The largest absolute Gasteiger partial charge is 0.493 e. The van der Waals surface area contributed by atoms with Gasteiger partial charge in [-0.1, -0.05) is 5.16 Å². The van der Waals surface area contributed by atoms with Gasteiger partial charge >= 0.3 is 5.97 Å². The first-order valence-electron chi connectivity index (χ1n) is 9.09. The number of thioether (sulfide) groups is 1. The third-order valence-electron chi connectivity index (χ3n) is 4.13. The third kappa shape index (κ3) is 5.80. The number of carbonyl (C=O) groups is 1. The van der Waals surface area contributed by atoms with Crippen molar-refractivity contribution in [2.75, 3.05) is 13.2 Å². The van der Waals surface area contributed by atoms with Gasteiger partial charge in [0.15, 0.2) is 0 Å². The minimum atomic E-state index is -0.429. The summed E-state index contributed by atoms with van der Waals surface area (Å²) in [5.74, 6) is 1.19. The number of benzene rings is 1. The van der Waals surface area contributed by atoms with E-state index in [1.165, 1.54) is 23.9 Å². The Morgan fingerprint density at radius 2 is 1.97 bits per heavy atom. The lowest BCUT2D eigenvalue weighted by molar-refractivity contribution is 0.0481. The maximum Gasteiger partial charge on any atom is 0.340 e. The summed E-state index contributed by atoms with van der Waals surface area (Å²) < 4.78 is 28.9. The van der Waals surface area contributed by atoms with Gasteiger partial charge in [-0.05, 0) is 50.2 Å². The van der Waals surface area contributed by atoms with E-state index in [0.717, 1.165) is 17.0 Å². The van der Waals surface area contributed by atoms with Crippen molar-refractivity contribution in [2.24, 2.45) is 0 Å². The van der Waals surface area contributed by atoms with Gasteiger partial charge in [-0.15, -0.1) is 11.8 Å². The lowest BCUT2D eigenvalue weighted by atomic mass is 10.2. The van der Waals surface area contributed by atoms with Crippen molar-refractivity contribution in [3.63, 3.8) is 0 Å². The second-order valence-corrected chi connectivity index (χ2v) is 7.20. The number of hydrogen-bond donors (Lipinski definition) is 0. The SMILES string of the molecule is Cc1noc(C)c1CSc1ncccc1C(=O)OCCCOc1ccc(F)cc1. The third-order valence-corrected chi connectivity index (χ3v) is 5.16. The normalized spacial score (nSPS) is 10.7. The summed E-state index contributed by atoms with van der Waals surface area (Å²) in [7, 11) is 0. The number of pyridine rings is 1. The highest BCUT2D eigenvalue weighted by Crippen LogP contribution is 2.27. The van der Waals surface area contributed by atoms with Crippen molar-refractivity contribution < 1.29 is 23.2 Å². The van der Waals surface area contributed by atoms with Gasteiger partial charge in [-0.25, -0.2) is 14.2 Å². The van der Waals surface area contributed by atoms with Crippen molar-refractivity contribution in [1.82, 2.24) is 10.1 Å². The smallest absolute Gasteiger partial charge is 0.340 e. The zero-order valence-electron chi connectivity index (χ0n) is 16.2. The average Bonchev–Trinajstić information content (AvgIpc) is 3.05. The summed E-state index contributed by atoms with van der Waals surface area (Å²) in [6, 6.07) is 9.17. The van der Waals surface area contributed by atoms with Gasteiger partial charge in [0.2, 0.25) is 0 Å². The number of aromatic nitrogens is 2. The van der Waals surface area contributed by atoms with Gasteiger partial charge in [0.05, 0.1) is 24.5 Å². The molecule has 3 aromatic rings. The Hall–Kier alpha value is -2.87. The van der Waals surface area contributed by atoms with E-state index in [-0.39, 0.29) is 12.4 Å². The fourth-order valence-corrected chi connectivity index (χ4v) is 3.67. The quantitative estimate of drug-likeness (QED) is 0.283. The summed E-state index contributed by atoms with van der Waals surface area (Å²) in [4.78, 5) is 16.7. The molecule has 0 atom stereocenters.